The van der Waals surface area contributed by atoms with Crippen LogP contribution >= 0.6 is 0 Å². The zero-order valence-electron chi connectivity index (χ0n) is 13.5. The van der Waals surface area contributed by atoms with Gasteiger partial charge in [0.15, 0.2) is 6.10 Å². The number of aryl methyl sites for hydroxylation is 3. The molecular weight excluding hydrogens is 288 g/mol. The van der Waals surface area contributed by atoms with E-state index >= 15 is 0 Å². The summed E-state index contributed by atoms with van der Waals surface area (Å²) in [4.78, 5) is 24.6. The third-order valence-corrected chi connectivity index (χ3v) is 4.32. The summed E-state index contributed by atoms with van der Waals surface area (Å²) in [7, 11) is 0. The Kier molecular flexibility index (Phi) is 4.28. The highest BCUT2D eigenvalue weighted by Crippen LogP contribution is 2.23. The van der Waals surface area contributed by atoms with Crippen LogP contribution in [-0.2, 0) is 17.6 Å². The number of hydrogen-bond donors (Lipinski definition) is 0. The van der Waals surface area contributed by atoms with Crippen LogP contribution in [0.4, 0.5) is 0 Å². The fourth-order valence-electron chi connectivity index (χ4n) is 2.93. The Hall–Kier alpha value is -2.42. The minimum Gasteiger partial charge on any atom is -0.451 e. The van der Waals surface area contributed by atoms with Crippen LogP contribution in [0.25, 0.3) is 0 Å². The molecule has 0 aromatic heterocycles. The predicted octanol–water partition coefficient (Wildman–Crippen LogP) is 3.91. The minimum atomic E-state index is -0.789. The number of rotatable bonds is 4. The summed E-state index contributed by atoms with van der Waals surface area (Å²) in [6, 6.07) is 12.9. The monoisotopic (exact) mass is 308 g/mol. The molecule has 23 heavy (non-hydrogen) atoms. The van der Waals surface area contributed by atoms with E-state index in [0.717, 1.165) is 24.8 Å². The Morgan fingerprint density at radius 1 is 0.957 bits per heavy atom. The first-order valence-electron chi connectivity index (χ1n) is 7.98. The van der Waals surface area contributed by atoms with Crippen molar-refractivity contribution in [2.24, 2.45) is 0 Å². The Bertz CT molecular complexity index is 744. The SMILES string of the molecule is Cc1ccc(C(=O)O[C@@H](C)C(=O)c2ccc3c(c2)CCC3)cc1. The first-order valence-corrected chi connectivity index (χ1v) is 7.98. The largest absolute Gasteiger partial charge is 0.451 e. The van der Waals surface area contributed by atoms with Gasteiger partial charge in [-0.3, -0.25) is 4.79 Å². The van der Waals surface area contributed by atoms with Crippen LogP contribution in [0.15, 0.2) is 42.5 Å². The lowest BCUT2D eigenvalue weighted by Crippen LogP contribution is -2.24. The standard InChI is InChI=1S/C20H20O3/c1-13-6-8-16(9-7-13)20(22)23-14(2)19(21)18-11-10-15-4-3-5-17(15)12-18/h6-12,14H,3-5H2,1-2H3/t14-/m0/s1. The Labute approximate surface area is 136 Å². The molecule has 3 heteroatoms. The molecule has 0 bridgehead atoms. The van der Waals surface area contributed by atoms with E-state index < -0.39 is 12.1 Å². The molecule has 0 radical (unpaired) electrons. The quantitative estimate of drug-likeness (QED) is 0.635. The number of carbonyl (C=O) groups excluding carboxylic acids is 2. The van der Waals surface area contributed by atoms with Crippen molar-refractivity contribution in [3.8, 4) is 0 Å². The van der Waals surface area contributed by atoms with Crippen LogP contribution in [0.1, 0.15) is 50.8 Å². The van der Waals surface area contributed by atoms with Crippen molar-refractivity contribution in [2.45, 2.75) is 39.2 Å². The normalized spacial score (nSPS) is 14.2. The van der Waals surface area contributed by atoms with Gasteiger partial charge < -0.3 is 4.74 Å². The summed E-state index contributed by atoms with van der Waals surface area (Å²) >= 11 is 0. The van der Waals surface area contributed by atoms with Gasteiger partial charge in [0, 0.05) is 5.56 Å². The molecule has 3 rings (SSSR count). The molecule has 0 saturated heterocycles. The second-order valence-electron chi connectivity index (χ2n) is 6.11. The molecule has 0 spiro atoms. The molecule has 3 nitrogen and oxygen atoms in total. The van der Waals surface area contributed by atoms with Crippen molar-refractivity contribution in [2.75, 3.05) is 0 Å². The number of Topliss-reactive ketones (excluding diaryl/α,β-unsaturated/α-hetero) is 1. The number of hydrogen-bond acceptors (Lipinski definition) is 3. The fraction of sp³-hybridized carbons (Fsp3) is 0.300. The summed E-state index contributed by atoms with van der Waals surface area (Å²) in [6.45, 7) is 3.58. The molecule has 2 aromatic rings. The number of benzene rings is 2. The van der Waals surface area contributed by atoms with E-state index in [2.05, 4.69) is 0 Å². The molecule has 1 aliphatic carbocycles. The van der Waals surface area contributed by atoms with Crippen molar-refractivity contribution in [3.63, 3.8) is 0 Å². The zero-order chi connectivity index (χ0) is 16.4. The van der Waals surface area contributed by atoms with Crippen molar-refractivity contribution in [1.82, 2.24) is 0 Å². The highest BCUT2D eigenvalue weighted by Gasteiger charge is 2.22. The third-order valence-electron chi connectivity index (χ3n) is 4.32. The molecule has 0 unspecified atom stereocenters. The maximum absolute atomic E-state index is 12.5. The molecule has 2 aromatic carbocycles. The van der Waals surface area contributed by atoms with Crippen molar-refractivity contribution < 1.29 is 14.3 Å². The van der Waals surface area contributed by atoms with Gasteiger partial charge >= 0.3 is 5.97 Å². The third kappa shape index (κ3) is 3.34. The van der Waals surface area contributed by atoms with Crippen LogP contribution in [0.5, 0.6) is 0 Å². The molecule has 0 fully saturated rings. The zero-order valence-corrected chi connectivity index (χ0v) is 13.5. The second-order valence-corrected chi connectivity index (χ2v) is 6.11. The van der Waals surface area contributed by atoms with Crippen molar-refractivity contribution in [3.05, 3.63) is 70.3 Å². The number of ketones is 1. The van der Waals surface area contributed by atoms with Crippen LogP contribution in [0.2, 0.25) is 0 Å². The molecule has 118 valence electrons. The molecular formula is C20H20O3. The maximum Gasteiger partial charge on any atom is 0.338 e. The Balaban J connectivity index is 1.70. The van der Waals surface area contributed by atoms with E-state index in [1.807, 2.05) is 37.3 Å². The van der Waals surface area contributed by atoms with Crippen molar-refractivity contribution in [1.29, 1.82) is 0 Å². The van der Waals surface area contributed by atoms with Gasteiger partial charge in [0.2, 0.25) is 5.78 Å². The number of esters is 1. The van der Waals surface area contributed by atoms with Crippen LogP contribution in [0.3, 0.4) is 0 Å². The molecule has 0 aliphatic heterocycles. The van der Waals surface area contributed by atoms with Gasteiger partial charge in [-0.05, 0) is 62.4 Å². The lowest BCUT2D eigenvalue weighted by atomic mass is 10.0. The van der Waals surface area contributed by atoms with Crippen LogP contribution in [-0.4, -0.2) is 17.9 Å². The summed E-state index contributed by atoms with van der Waals surface area (Å²) in [6.07, 6.45) is 2.46. The number of fused-ring (bicyclic) bond motifs is 1. The highest BCUT2D eigenvalue weighted by atomic mass is 16.5. The lowest BCUT2D eigenvalue weighted by molar-refractivity contribution is 0.0319. The Morgan fingerprint density at radius 2 is 1.61 bits per heavy atom. The van der Waals surface area contributed by atoms with E-state index in [9.17, 15) is 9.59 Å². The van der Waals surface area contributed by atoms with Gasteiger partial charge in [0.05, 0.1) is 5.56 Å². The van der Waals surface area contributed by atoms with E-state index in [1.54, 1.807) is 19.1 Å². The average molecular weight is 308 g/mol. The first kappa shape index (κ1) is 15.5. The van der Waals surface area contributed by atoms with Gasteiger partial charge in [-0.2, -0.15) is 0 Å². The van der Waals surface area contributed by atoms with Crippen molar-refractivity contribution >= 4 is 11.8 Å². The van der Waals surface area contributed by atoms with Crippen LogP contribution in [0, 0.1) is 6.92 Å². The Morgan fingerprint density at radius 3 is 2.35 bits per heavy atom. The van der Waals surface area contributed by atoms with Gasteiger partial charge in [-0.25, -0.2) is 4.79 Å². The van der Waals surface area contributed by atoms with Gasteiger partial charge in [0.25, 0.3) is 0 Å². The summed E-state index contributed by atoms with van der Waals surface area (Å²) in [5.74, 6) is -0.618. The van der Waals surface area contributed by atoms with E-state index in [1.165, 1.54) is 11.1 Å². The smallest absolute Gasteiger partial charge is 0.338 e. The van der Waals surface area contributed by atoms with E-state index in [0.29, 0.717) is 11.1 Å². The maximum atomic E-state index is 12.5. The first-order chi connectivity index (χ1) is 11.0. The second kappa shape index (κ2) is 6.37. The topological polar surface area (TPSA) is 43.4 Å². The molecule has 0 N–H and O–H groups in total. The molecule has 0 saturated carbocycles. The summed E-state index contributed by atoms with van der Waals surface area (Å²) in [5.41, 5.74) is 4.72. The van der Waals surface area contributed by atoms with Crippen LogP contribution < -0.4 is 0 Å². The van der Waals surface area contributed by atoms with Gasteiger partial charge in [-0.1, -0.05) is 29.8 Å². The number of carbonyl (C=O) groups is 2. The van der Waals surface area contributed by atoms with E-state index in [4.69, 9.17) is 4.74 Å². The minimum absolute atomic E-state index is 0.153. The highest BCUT2D eigenvalue weighted by molar-refractivity contribution is 6.01. The molecule has 0 heterocycles. The molecule has 1 aliphatic rings. The van der Waals surface area contributed by atoms with E-state index in [-0.39, 0.29) is 5.78 Å². The fourth-order valence-corrected chi connectivity index (χ4v) is 2.93. The average Bonchev–Trinajstić information content (AvgIpc) is 3.02. The number of ether oxygens (including phenoxy) is 1. The molecule has 1 atom stereocenters. The van der Waals surface area contributed by atoms with Gasteiger partial charge in [0.1, 0.15) is 0 Å². The van der Waals surface area contributed by atoms with Gasteiger partial charge in [-0.15, -0.1) is 0 Å². The lowest BCUT2D eigenvalue weighted by Gasteiger charge is -2.13. The summed E-state index contributed by atoms with van der Waals surface area (Å²) in [5, 5.41) is 0. The predicted molar refractivity (Wildman–Crippen MR) is 88.9 cm³/mol. The molecule has 0 amide bonds. The summed E-state index contributed by atoms with van der Waals surface area (Å²) < 4.78 is 5.32.